The largest absolute Gasteiger partial charge is 0.493 e. The van der Waals surface area contributed by atoms with Gasteiger partial charge in [0.15, 0.2) is 0 Å². The third-order valence-corrected chi connectivity index (χ3v) is 3.06. The fourth-order valence-electron chi connectivity index (χ4n) is 1.44. The molecular weight excluding hydrogens is 247 g/mol. The van der Waals surface area contributed by atoms with Gasteiger partial charge in [0, 0.05) is 18.6 Å². The molecule has 2 nitrogen and oxygen atoms in total. The van der Waals surface area contributed by atoms with Crippen molar-refractivity contribution in [2.45, 2.75) is 26.2 Å². The van der Waals surface area contributed by atoms with E-state index in [-0.39, 0.29) is 6.61 Å². The highest BCUT2D eigenvalue weighted by molar-refractivity contribution is 6.42. The molecular formula is C12H16Cl2O2. The Kier molecular flexibility index (Phi) is 5.96. The van der Waals surface area contributed by atoms with E-state index < -0.39 is 0 Å². The summed E-state index contributed by atoms with van der Waals surface area (Å²) in [5, 5.41) is 9.82. The summed E-state index contributed by atoms with van der Waals surface area (Å²) in [7, 11) is 0. The molecule has 4 heteroatoms. The molecule has 1 rings (SSSR count). The summed E-state index contributed by atoms with van der Waals surface area (Å²) in [6.45, 7) is 2.70. The maximum atomic E-state index is 8.69. The molecule has 0 aromatic heterocycles. The van der Waals surface area contributed by atoms with Gasteiger partial charge in [0.25, 0.3) is 0 Å². The van der Waals surface area contributed by atoms with Gasteiger partial charge in [-0.3, -0.25) is 0 Å². The van der Waals surface area contributed by atoms with E-state index in [0.717, 1.165) is 24.2 Å². The highest BCUT2D eigenvalue weighted by Gasteiger charge is 2.10. The van der Waals surface area contributed by atoms with Crippen LogP contribution in [0.15, 0.2) is 12.1 Å². The summed E-state index contributed by atoms with van der Waals surface area (Å²) in [6.07, 6.45) is 2.44. The van der Waals surface area contributed by atoms with Crippen molar-refractivity contribution >= 4 is 23.2 Å². The van der Waals surface area contributed by atoms with Gasteiger partial charge >= 0.3 is 0 Å². The van der Waals surface area contributed by atoms with Crippen LogP contribution in [0.3, 0.4) is 0 Å². The maximum Gasteiger partial charge on any atom is 0.124 e. The normalized spacial score (nSPS) is 10.5. The Hall–Kier alpha value is -0.440. The number of hydrogen-bond acceptors (Lipinski definition) is 2. The first-order chi connectivity index (χ1) is 7.70. The van der Waals surface area contributed by atoms with Gasteiger partial charge in [0.05, 0.1) is 16.7 Å². The van der Waals surface area contributed by atoms with Crippen LogP contribution in [-0.4, -0.2) is 18.3 Å². The first-order valence-corrected chi connectivity index (χ1v) is 6.16. The molecule has 0 aliphatic carbocycles. The van der Waals surface area contributed by atoms with Gasteiger partial charge in [-0.15, -0.1) is 0 Å². The third kappa shape index (κ3) is 3.55. The third-order valence-electron chi connectivity index (χ3n) is 2.21. The van der Waals surface area contributed by atoms with Crippen molar-refractivity contribution < 1.29 is 9.84 Å². The lowest BCUT2D eigenvalue weighted by molar-refractivity contribution is 0.232. The molecule has 1 N–H and O–H groups in total. The Bertz CT molecular complexity index is 340. The molecule has 1 aromatic rings. The van der Waals surface area contributed by atoms with Gasteiger partial charge in [-0.2, -0.15) is 0 Å². The van der Waals surface area contributed by atoms with Gasteiger partial charge in [0.1, 0.15) is 5.75 Å². The Morgan fingerprint density at radius 3 is 2.69 bits per heavy atom. The van der Waals surface area contributed by atoms with Crippen LogP contribution < -0.4 is 4.74 Å². The summed E-state index contributed by atoms with van der Waals surface area (Å²) < 4.78 is 5.56. The van der Waals surface area contributed by atoms with E-state index >= 15 is 0 Å². The van der Waals surface area contributed by atoms with Crippen molar-refractivity contribution in [2.75, 3.05) is 13.2 Å². The van der Waals surface area contributed by atoms with Gasteiger partial charge in [-0.25, -0.2) is 0 Å². The topological polar surface area (TPSA) is 29.5 Å². The molecule has 0 aliphatic rings. The van der Waals surface area contributed by atoms with E-state index in [2.05, 4.69) is 6.92 Å². The summed E-state index contributed by atoms with van der Waals surface area (Å²) in [5.74, 6) is 0.768. The summed E-state index contributed by atoms with van der Waals surface area (Å²) >= 11 is 12.1. The Morgan fingerprint density at radius 2 is 2.06 bits per heavy atom. The number of benzene rings is 1. The second-order valence-corrected chi connectivity index (χ2v) is 4.30. The minimum Gasteiger partial charge on any atom is -0.493 e. The molecule has 16 heavy (non-hydrogen) atoms. The SMILES string of the molecule is CCCc1c(OCCCO)ccc(Cl)c1Cl. The fourth-order valence-corrected chi connectivity index (χ4v) is 1.87. The fraction of sp³-hybridized carbons (Fsp3) is 0.500. The van der Waals surface area contributed by atoms with Crippen LogP contribution in [0.1, 0.15) is 25.3 Å². The molecule has 0 saturated carbocycles. The maximum absolute atomic E-state index is 8.69. The van der Waals surface area contributed by atoms with Crippen LogP contribution in [0, 0.1) is 0 Å². The predicted molar refractivity (Wildman–Crippen MR) is 67.7 cm³/mol. The average Bonchev–Trinajstić information content (AvgIpc) is 2.28. The number of halogens is 2. The van der Waals surface area contributed by atoms with Gasteiger partial charge in [-0.1, -0.05) is 36.5 Å². The summed E-state index contributed by atoms with van der Waals surface area (Å²) in [5.41, 5.74) is 0.953. The van der Waals surface area contributed by atoms with Crippen molar-refractivity contribution in [1.82, 2.24) is 0 Å². The Morgan fingerprint density at radius 1 is 1.31 bits per heavy atom. The minimum absolute atomic E-state index is 0.129. The molecule has 0 radical (unpaired) electrons. The second-order valence-electron chi connectivity index (χ2n) is 3.51. The zero-order valence-corrected chi connectivity index (χ0v) is 10.8. The molecule has 0 saturated heterocycles. The average molecular weight is 263 g/mol. The summed E-state index contributed by atoms with van der Waals surface area (Å²) in [4.78, 5) is 0. The van der Waals surface area contributed by atoms with Crippen LogP contribution in [-0.2, 0) is 6.42 Å². The predicted octanol–water partition coefficient (Wildman–Crippen LogP) is 3.71. The van der Waals surface area contributed by atoms with Crippen molar-refractivity contribution in [2.24, 2.45) is 0 Å². The second kappa shape index (κ2) is 7.00. The zero-order chi connectivity index (χ0) is 12.0. The van der Waals surface area contributed by atoms with E-state index in [1.54, 1.807) is 6.07 Å². The highest BCUT2D eigenvalue weighted by atomic mass is 35.5. The lowest BCUT2D eigenvalue weighted by Crippen LogP contribution is -2.02. The molecule has 0 heterocycles. The number of aliphatic hydroxyl groups excluding tert-OH is 1. The van der Waals surface area contributed by atoms with Gasteiger partial charge in [-0.05, 0) is 18.6 Å². The molecule has 90 valence electrons. The van der Waals surface area contributed by atoms with Crippen LogP contribution in [0.4, 0.5) is 0 Å². The molecule has 0 bridgehead atoms. The van der Waals surface area contributed by atoms with Crippen molar-refractivity contribution in [3.8, 4) is 5.75 Å². The number of hydrogen-bond donors (Lipinski definition) is 1. The zero-order valence-electron chi connectivity index (χ0n) is 9.30. The number of aliphatic hydroxyl groups is 1. The molecule has 0 amide bonds. The Balaban J connectivity index is 2.85. The van der Waals surface area contributed by atoms with Crippen LogP contribution in [0.2, 0.25) is 10.0 Å². The first-order valence-electron chi connectivity index (χ1n) is 5.41. The lowest BCUT2D eigenvalue weighted by Gasteiger charge is -2.13. The highest BCUT2D eigenvalue weighted by Crippen LogP contribution is 2.33. The molecule has 0 spiro atoms. The monoisotopic (exact) mass is 262 g/mol. The van der Waals surface area contributed by atoms with Gasteiger partial charge in [0.2, 0.25) is 0 Å². The molecule has 1 aromatic carbocycles. The minimum atomic E-state index is 0.129. The van der Waals surface area contributed by atoms with E-state index in [0.29, 0.717) is 23.1 Å². The van der Waals surface area contributed by atoms with Gasteiger partial charge < -0.3 is 9.84 Å². The van der Waals surface area contributed by atoms with E-state index in [4.69, 9.17) is 33.0 Å². The van der Waals surface area contributed by atoms with Crippen LogP contribution in [0.25, 0.3) is 0 Å². The van der Waals surface area contributed by atoms with E-state index in [1.165, 1.54) is 0 Å². The first kappa shape index (κ1) is 13.6. The summed E-state index contributed by atoms with van der Waals surface area (Å²) in [6, 6.07) is 3.56. The van der Waals surface area contributed by atoms with Crippen molar-refractivity contribution in [3.63, 3.8) is 0 Å². The Labute approximate surface area is 106 Å². The van der Waals surface area contributed by atoms with Crippen molar-refractivity contribution in [1.29, 1.82) is 0 Å². The smallest absolute Gasteiger partial charge is 0.124 e. The number of rotatable bonds is 6. The molecule has 0 aliphatic heterocycles. The molecule has 0 unspecified atom stereocenters. The molecule has 0 fully saturated rings. The number of ether oxygens (including phenoxy) is 1. The van der Waals surface area contributed by atoms with E-state index in [9.17, 15) is 0 Å². The molecule has 0 atom stereocenters. The van der Waals surface area contributed by atoms with E-state index in [1.807, 2.05) is 6.07 Å². The van der Waals surface area contributed by atoms with Crippen LogP contribution in [0.5, 0.6) is 5.75 Å². The van der Waals surface area contributed by atoms with Crippen molar-refractivity contribution in [3.05, 3.63) is 27.7 Å². The quantitative estimate of drug-likeness (QED) is 0.793. The lowest BCUT2D eigenvalue weighted by atomic mass is 10.1. The standard InChI is InChI=1S/C12H16Cl2O2/c1-2-4-9-11(16-8-3-7-15)6-5-10(13)12(9)14/h5-6,15H,2-4,7-8H2,1H3. The van der Waals surface area contributed by atoms with Crippen LogP contribution >= 0.6 is 23.2 Å².